The van der Waals surface area contributed by atoms with Crippen LogP contribution in [-0.2, 0) is 0 Å². The first-order chi connectivity index (χ1) is 6.65. The van der Waals surface area contributed by atoms with Gasteiger partial charge in [-0.3, -0.25) is 14.9 Å². The number of nitro groups is 1. The number of halogens is 1. The smallest absolute Gasteiger partial charge is 0.270 e. The maximum Gasteiger partial charge on any atom is 0.270 e. The van der Waals surface area contributed by atoms with Crippen molar-refractivity contribution in [1.29, 1.82) is 0 Å². The van der Waals surface area contributed by atoms with Gasteiger partial charge in [0.1, 0.15) is 0 Å². The van der Waals surface area contributed by atoms with Crippen molar-refractivity contribution >= 4 is 27.4 Å². The van der Waals surface area contributed by atoms with Gasteiger partial charge in [-0.25, -0.2) is 0 Å². The predicted octanol–water partition coefficient (Wildman–Crippen LogP) is 2.56. The highest BCUT2D eigenvalue weighted by Gasteiger charge is 2.10. The molecule has 0 aliphatic heterocycles. The summed E-state index contributed by atoms with van der Waals surface area (Å²) in [5, 5.41) is 11.0. The van der Waals surface area contributed by atoms with Crippen LogP contribution in [-0.4, -0.2) is 16.0 Å². The Hall–Kier alpha value is -1.23. The van der Waals surface area contributed by atoms with Crippen molar-refractivity contribution < 1.29 is 9.72 Å². The lowest BCUT2D eigenvalue weighted by Gasteiger charge is -1.97. The molecule has 0 heterocycles. The third-order valence-electron chi connectivity index (χ3n) is 1.70. The summed E-state index contributed by atoms with van der Waals surface area (Å²) in [6.07, 6.45) is 0.348. The third-order valence-corrected chi connectivity index (χ3v) is 2.10. The lowest BCUT2D eigenvalue weighted by Crippen LogP contribution is -2.00. The molecule has 14 heavy (non-hydrogen) atoms. The first-order valence-electron chi connectivity index (χ1n) is 3.99. The topological polar surface area (TPSA) is 60.2 Å². The Morgan fingerprint density at radius 2 is 2.21 bits per heavy atom. The summed E-state index contributed by atoms with van der Waals surface area (Å²) in [4.78, 5) is 21.3. The van der Waals surface area contributed by atoms with Crippen LogP contribution in [0.4, 0.5) is 5.69 Å². The van der Waals surface area contributed by atoms with Gasteiger partial charge in [0.05, 0.1) is 4.92 Å². The molecule has 74 valence electrons. The highest BCUT2D eigenvalue weighted by atomic mass is 79.9. The van der Waals surface area contributed by atoms with Crippen molar-refractivity contribution in [1.82, 2.24) is 0 Å². The van der Waals surface area contributed by atoms with Crippen molar-refractivity contribution in [2.75, 3.05) is 5.33 Å². The van der Waals surface area contributed by atoms with Crippen LogP contribution in [0.3, 0.4) is 0 Å². The molecule has 0 unspecified atom stereocenters. The molecule has 0 aliphatic rings. The number of Topliss-reactive ketones (excluding diaryl/α,β-unsaturated/α-hetero) is 1. The van der Waals surface area contributed by atoms with Crippen LogP contribution in [0.1, 0.15) is 16.8 Å². The summed E-state index contributed by atoms with van der Waals surface area (Å²) in [6, 6.07) is 5.76. The highest BCUT2D eigenvalue weighted by Crippen LogP contribution is 2.14. The van der Waals surface area contributed by atoms with Gasteiger partial charge in [-0.1, -0.05) is 28.1 Å². The Morgan fingerprint density at radius 3 is 2.79 bits per heavy atom. The molecule has 0 atom stereocenters. The van der Waals surface area contributed by atoms with Crippen molar-refractivity contribution in [2.45, 2.75) is 6.42 Å². The van der Waals surface area contributed by atoms with E-state index in [9.17, 15) is 14.9 Å². The van der Waals surface area contributed by atoms with Gasteiger partial charge < -0.3 is 0 Å². The van der Waals surface area contributed by atoms with E-state index in [0.29, 0.717) is 17.3 Å². The molecule has 0 radical (unpaired) electrons. The first kappa shape index (κ1) is 10.8. The molecule has 0 spiro atoms. The fourth-order valence-corrected chi connectivity index (χ4v) is 1.38. The molecule has 0 aromatic heterocycles. The van der Waals surface area contributed by atoms with Crippen LogP contribution >= 0.6 is 15.9 Å². The fraction of sp³-hybridized carbons (Fsp3) is 0.222. The Balaban J connectivity index is 2.93. The number of rotatable bonds is 4. The van der Waals surface area contributed by atoms with Gasteiger partial charge >= 0.3 is 0 Å². The van der Waals surface area contributed by atoms with Gasteiger partial charge in [0, 0.05) is 29.4 Å². The van der Waals surface area contributed by atoms with Crippen LogP contribution in [0.25, 0.3) is 0 Å². The minimum atomic E-state index is -0.509. The molecule has 4 nitrogen and oxygen atoms in total. The van der Waals surface area contributed by atoms with Gasteiger partial charge in [-0.2, -0.15) is 0 Å². The van der Waals surface area contributed by atoms with Gasteiger partial charge in [0.25, 0.3) is 5.69 Å². The number of ketones is 1. The van der Waals surface area contributed by atoms with Gasteiger partial charge in [0.15, 0.2) is 5.78 Å². The molecule has 0 amide bonds. The molecule has 1 aromatic rings. The second-order valence-electron chi connectivity index (χ2n) is 2.67. The summed E-state index contributed by atoms with van der Waals surface area (Å²) in [7, 11) is 0. The Morgan fingerprint density at radius 1 is 1.50 bits per heavy atom. The maximum atomic E-state index is 11.4. The fourth-order valence-electron chi connectivity index (χ4n) is 1.02. The van der Waals surface area contributed by atoms with Crippen molar-refractivity contribution in [3.05, 3.63) is 39.9 Å². The molecular weight excluding hydrogens is 250 g/mol. The molecule has 0 N–H and O–H groups in total. The van der Waals surface area contributed by atoms with Crippen LogP contribution in [0.15, 0.2) is 24.3 Å². The molecule has 1 rings (SSSR count). The van der Waals surface area contributed by atoms with Crippen LogP contribution < -0.4 is 0 Å². The van der Waals surface area contributed by atoms with Gasteiger partial charge in [-0.15, -0.1) is 0 Å². The number of non-ortho nitro benzene ring substituents is 1. The molecule has 0 saturated heterocycles. The zero-order valence-corrected chi connectivity index (χ0v) is 8.86. The van der Waals surface area contributed by atoms with Crippen LogP contribution in [0, 0.1) is 10.1 Å². The standard InChI is InChI=1S/C9H8BrNO3/c10-5-4-9(12)7-2-1-3-8(6-7)11(13)14/h1-3,6H,4-5H2. The summed E-state index contributed by atoms with van der Waals surface area (Å²) < 4.78 is 0. The molecular formula is C9H8BrNO3. The Kier molecular flexibility index (Phi) is 3.76. The maximum absolute atomic E-state index is 11.4. The highest BCUT2D eigenvalue weighted by molar-refractivity contribution is 9.09. The van der Waals surface area contributed by atoms with E-state index >= 15 is 0 Å². The minimum absolute atomic E-state index is 0.0505. The zero-order valence-electron chi connectivity index (χ0n) is 7.27. The van der Waals surface area contributed by atoms with Crippen LogP contribution in [0.2, 0.25) is 0 Å². The van der Waals surface area contributed by atoms with Crippen molar-refractivity contribution in [3.8, 4) is 0 Å². The molecule has 0 fully saturated rings. The summed E-state index contributed by atoms with van der Waals surface area (Å²) in [5.74, 6) is -0.0921. The van der Waals surface area contributed by atoms with Gasteiger partial charge in [0.2, 0.25) is 0 Å². The van der Waals surface area contributed by atoms with E-state index in [1.54, 1.807) is 6.07 Å². The number of hydrogen-bond acceptors (Lipinski definition) is 3. The normalized spacial score (nSPS) is 9.79. The van der Waals surface area contributed by atoms with Crippen molar-refractivity contribution in [3.63, 3.8) is 0 Å². The number of hydrogen-bond donors (Lipinski definition) is 0. The lowest BCUT2D eigenvalue weighted by atomic mass is 10.1. The van der Waals surface area contributed by atoms with Crippen molar-refractivity contribution in [2.24, 2.45) is 0 Å². The zero-order chi connectivity index (χ0) is 10.6. The predicted molar refractivity (Wildman–Crippen MR) is 55.8 cm³/mol. The second-order valence-corrected chi connectivity index (χ2v) is 3.46. The molecule has 1 aromatic carbocycles. The number of carbonyl (C=O) groups excluding carboxylic acids is 1. The number of nitrogens with zero attached hydrogens (tertiary/aromatic N) is 1. The van der Waals surface area contributed by atoms with E-state index in [0.717, 1.165) is 0 Å². The number of benzene rings is 1. The average molecular weight is 258 g/mol. The number of alkyl halides is 1. The molecule has 0 aliphatic carbocycles. The van der Waals surface area contributed by atoms with E-state index in [1.165, 1.54) is 18.2 Å². The summed E-state index contributed by atoms with van der Waals surface area (Å²) >= 11 is 3.14. The van der Waals surface area contributed by atoms with E-state index in [4.69, 9.17) is 0 Å². The lowest BCUT2D eigenvalue weighted by molar-refractivity contribution is -0.384. The number of nitro benzene ring substituents is 1. The third kappa shape index (κ3) is 2.63. The second kappa shape index (κ2) is 4.85. The van der Waals surface area contributed by atoms with Gasteiger partial charge in [-0.05, 0) is 0 Å². The van der Waals surface area contributed by atoms with E-state index in [1.807, 2.05) is 0 Å². The monoisotopic (exact) mass is 257 g/mol. The quantitative estimate of drug-likeness (QED) is 0.361. The average Bonchev–Trinajstić information content (AvgIpc) is 2.18. The Labute approximate surface area is 89.2 Å². The molecule has 5 heteroatoms. The first-order valence-corrected chi connectivity index (χ1v) is 5.11. The minimum Gasteiger partial charge on any atom is -0.294 e. The summed E-state index contributed by atoms with van der Waals surface area (Å²) in [6.45, 7) is 0. The van der Waals surface area contributed by atoms with Crippen LogP contribution in [0.5, 0.6) is 0 Å². The SMILES string of the molecule is O=C(CCBr)c1cccc([N+](=O)[O-])c1. The molecule has 0 saturated carbocycles. The summed E-state index contributed by atoms with van der Waals surface area (Å²) in [5.41, 5.74) is 0.337. The number of carbonyl (C=O) groups is 1. The largest absolute Gasteiger partial charge is 0.294 e. The van der Waals surface area contributed by atoms with E-state index in [2.05, 4.69) is 15.9 Å². The Bertz CT molecular complexity index is 365. The van der Waals surface area contributed by atoms with E-state index in [-0.39, 0.29) is 11.5 Å². The molecule has 0 bridgehead atoms. The van der Waals surface area contributed by atoms with E-state index < -0.39 is 4.92 Å².